The Morgan fingerprint density at radius 3 is 2.29 bits per heavy atom. The van der Waals surface area contributed by atoms with Gasteiger partial charge in [0.2, 0.25) is 0 Å². The number of hydrogen-bond donors (Lipinski definition) is 3. The molecule has 0 bridgehead atoms. The van der Waals surface area contributed by atoms with Gasteiger partial charge in [0.1, 0.15) is 0 Å². The van der Waals surface area contributed by atoms with Crippen LogP contribution < -0.4 is 5.32 Å². The first-order chi connectivity index (χ1) is 7.77. The number of rotatable bonds is 3. The molecule has 0 unspecified atom stereocenters. The molecule has 0 fully saturated rings. The van der Waals surface area contributed by atoms with Crippen molar-refractivity contribution < 1.29 is 28.2 Å². The normalized spacial score (nSPS) is 11.5. The first kappa shape index (κ1) is 13.3. The number of hydrogen-bond acceptors (Lipinski definition) is 4. The van der Waals surface area contributed by atoms with Gasteiger partial charge in [0.05, 0.1) is 12.1 Å². The molecule has 0 spiro atoms. The fraction of sp³-hybridized carbons (Fsp3) is 0.300. The molecule has 1 aromatic carbocycles. The molecular weight excluding hydrogens is 239 g/mol. The van der Waals surface area contributed by atoms with Crippen molar-refractivity contribution in [1.29, 1.82) is 0 Å². The topological polar surface area (TPSA) is 69.6 Å². The Morgan fingerprint density at radius 2 is 1.82 bits per heavy atom. The maximum Gasteiger partial charge on any atom is 0.417 e. The highest BCUT2D eigenvalue weighted by atomic mass is 19.4. The van der Waals surface area contributed by atoms with Crippen LogP contribution >= 0.6 is 0 Å². The van der Waals surface area contributed by atoms with Gasteiger partial charge in [0.25, 0.3) is 0 Å². The summed E-state index contributed by atoms with van der Waals surface area (Å²) in [7, 11) is 1.41. The van der Waals surface area contributed by atoms with Crippen molar-refractivity contribution in [1.82, 2.24) is 5.32 Å². The number of carbonyl (C=O) groups is 1. The number of Topliss-reactive ketones (excluding diaryl/α,β-unsaturated/α-hetero) is 1. The van der Waals surface area contributed by atoms with Gasteiger partial charge < -0.3 is 15.5 Å². The maximum absolute atomic E-state index is 12.6. The second-order valence-corrected chi connectivity index (χ2v) is 3.34. The van der Waals surface area contributed by atoms with E-state index in [9.17, 15) is 18.0 Å². The van der Waals surface area contributed by atoms with E-state index in [2.05, 4.69) is 5.32 Å². The third-order valence-electron chi connectivity index (χ3n) is 2.06. The van der Waals surface area contributed by atoms with Crippen molar-refractivity contribution in [2.45, 2.75) is 6.18 Å². The van der Waals surface area contributed by atoms with Gasteiger partial charge in [-0.2, -0.15) is 13.2 Å². The molecule has 0 atom stereocenters. The molecule has 0 aliphatic rings. The Kier molecular flexibility index (Phi) is 3.62. The SMILES string of the molecule is CNCC(=O)c1cc(O)c(O)cc1C(F)(F)F. The molecule has 3 N–H and O–H groups in total. The van der Waals surface area contributed by atoms with Gasteiger partial charge >= 0.3 is 6.18 Å². The van der Waals surface area contributed by atoms with E-state index < -0.39 is 34.6 Å². The predicted octanol–water partition coefficient (Wildman–Crippen LogP) is 1.52. The van der Waals surface area contributed by atoms with Gasteiger partial charge in [0.15, 0.2) is 17.3 Å². The lowest BCUT2D eigenvalue weighted by atomic mass is 10.0. The lowest BCUT2D eigenvalue weighted by molar-refractivity contribution is -0.138. The summed E-state index contributed by atoms with van der Waals surface area (Å²) < 4.78 is 37.8. The van der Waals surface area contributed by atoms with Gasteiger partial charge in [-0.15, -0.1) is 0 Å². The van der Waals surface area contributed by atoms with Crippen LogP contribution in [0.4, 0.5) is 13.2 Å². The van der Waals surface area contributed by atoms with Crippen LogP contribution in [0.3, 0.4) is 0 Å². The quantitative estimate of drug-likeness (QED) is 0.561. The smallest absolute Gasteiger partial charge is 0.417 e. The monoisotopic (exact) mass is 249 g/mol. The zero-order valence-electron chi connectivity index (χ0n) is 8.80. The molecule has 94 valence electrons. The van der Waals surface area contributed by atoms with Crippen LogP contribution in [0.1, 0.15) is 15.9 Å². The average molecular weight is 249 g/mol. The molecule has 0 aliphatic carbocycles. The first-order valence-electron chi connectivity index (χ1n) is 4.58. The summed E-state index contributed by atoms with van der Waals surface area (Å²) in [6.45, 7) is -0.298. The Bertz CT molecular complexity index is 443. The van der Waals surface area contributed by atoms with E-state index >= 15 is 0 Å². The number of phenols is 2. The number of benzene rings is 1. The Balaban J connectivity index is 3.36. The largest absolute Gasteiger partial charge is 0.504 e. The second-order valence-electron chi connectivity index (χ2n) is 3.34. The molecule has 1 rings (SSSR count). The zero-order valence-corrected chi connectivity index (χ0v) is 8.80. The van der Waals surface area contributed by atoms with E-state index in [0.717, 1.165) is 0 Å². The summed E-state index contributed by atoms with van der Waals surface area (Å²) in [6.07, 6.45) is -4.77. The highest BCUT2D eigenvalue weighted by Gasteiger charge is 2.36. The number of likely N-dealkylation sites (N-methyl/N-ethyl adjacent to an activating group) is 1. The van der Waals surface area contributed by atoms with Crippen LogP contribution in [0.5, 0.6) is 11.5 Å². The van der Waals surface area contributed by atoms with Gasteiger partial charge in [-0.25, -0.2) is 0 Å². The summed E-state index contributed by atoms with van der Waals surface area (Å²) >= 11 is 0. The molecule has 0 heterocycles. The Labute approximate surface area is 94.7 Å². The third kappa shape index (κ3) is 2.88. The number of ketones is 1. The summed E-state index contributed by atoms with van der Waals surface area (Å²) in [6, 6.07) is 0.941. The Hall–Kier alpha value is -1.76. The van der Waals surface area contributed by atoms with E-state index in [1.165, 1.54) is 7.05 Å². The van der Waals surface area contributed by atoms with E-state index in [4.69, 9.17) is 10.2 Å². The van der Waals surface area contributed by atoms with Crippen molar-refractivity contribution in [2.24, 2.45) is 0 Å². The molecular formula is C10H10F3NO3. The van der Waals surface area contributed by atoms with Gasteiger partial charge in [-0.05, 0) is 19.2 Å². The van der Waals surface area contributed by atoms with Crippen molar-refractivity contribution >= 4 is 5.78 Å². The third-order valence-corrected chi connectivity index (χ3v) is 2.06. The van der Waals surface area contributed by atoms with E-state index in [1.807, 2.05) is 0 Å². The molecule has 0 aromatic heterocycles. The lowest BCUT2D eigenvalue weighted by Crippen LogP contribution is -2.22. The molecule has 0 saturated carbocycles. The number of aromatic hydroxyl groups is 2. The molecule has 0 radical (unpaired) electrons. The van der Waals surface area contributed by atoms with Crippen molar-refractivity contribution in [2.75, 3.05) is 13.6 Å². The van der Waals surface area contributed by atoms with E-state index in [1.54, 1.807) is 0 Å². The summed E-state index contributed by atoms with van der Waals surface area (Å²) in [4.78, 5) is 11.4. The van der Waals surface area contributed by atoms with Crippen LogP contribution in [-0.4, -0.2) is 29.6 Å². The average Bonchev–Trinajstić information content (AvgIpc) is 2.20. The number of carbonyl (C=O) groups excluding carboxylic acids is 1. The zero-order chi connectivity index (χ0) is 13.2. The van der Waals surface area contributed by atoms with Crippen LogP contribution in [0.25, 0.3) is 0 Å². The van der Waals surface area contributed by atoms with Gasteiger partial charge in [-0.3, -0.25) is 4.79 Å². The van der Waals surface area contributed by atoms with Crippen LogP contribution in [0.2, 0.25) is 0 Å². The molecule has 1 aromatic rings. The first-order valence-corrected chi connectivity index (χ1v) is 4.58. The standard InChI is InChI=1S/C10H10F3NO3/c1-14-4-9(17)5-2-7(15)8(16)3-6(5)10(11,12)13/h2-3,14-16H,4H2,1H3. The second kappa shape index (κ2) is 4.62. The van der Waals surface area contributed by atoms with E-state index in [-0.39, 0.29) is 6.54 Å². The molecule has 4 nitrogen and oxygen atoms in total. The fourth-order valence-corrected chi connectivity index (χ4v) is 1.30. The van der Waals surface area contributed by atoms with Crippen LogP contribution in [-0.2, 0) is 6.18 Å². The highest BCUT2D eigenvalue weighted by molar-refractivity contribution is 5.99. The highest BCUT2D eigenvalue weighted by Crippen LogP contribution is 2.38. The van der Waals surface area contributed by atoms with Gasteiger partial charge in [0, 0.05) is 5.56 Å². The van der Waals surface area contributed by atoms with Gasteiger partial charge in [-0.1, -0.05) is 0 Å². The molecule has 0 saturated heterocycles. The lowest BCUT2D eigenvalue weighted by Gasteiger charge is -2.13. The summed E-state index contributed by atoms with van der Waals surface area (Å²) in [5, 5.41) is 20.6. The van der Waals surface area contributed by atoms with Crippen LogP contribution in [0.15, 0.2) is 12.1 Å². The molecule has 7 heteroatoms. The summed E-state index contributed by atoms with van der Waals surface area (Å²) in [5.74, 6) is -2.51. The van der Waals surface area contributed by atoms with Crippen molar-refractivity contribution in [3.63, 3.8) is 0 Å². The summed E-state index contributed by atoms with van der Waals surface area (Å²) in [5.41, 5.74) is -1.95. The van der Waals surface area contributed by atoms with Crippen molar-refractivity contribution in [3.8, 4) is 11.5 Å². The number of alkyl halides is 3. The minimum absolute atomic E-state index is 0.298. The molecule has 17 heavy (non-hydrogen) atoms. The van der Waals surface area contributed by atoms with Crippen molar-refractivity contribution in [3.05, 3.63) is 23.3 Å². The fourth-order valence-electron chi connectivity index (χ4n) is 1.30. The minimum atomic E-state index is -4.77. The predicted molar refractivity (Wildman–Crippen MR) is 53.0 cm³/mol. The molecule has 0 amide bonds. The maximum atomic E-state index is 12.6. The molecule has 0 aliphatic heterocycles. The number of nitrogens with one attached hydrogen (secondary N) is 1. The minimum Gasteiger partial charge on any atom is -0.504 e. The number of phenolic OH excluding ortho intramolecular Hbond substituents is 2. The van der Waals surface area contributed by atoms with E-state index in [0.29, 0.717) is 12.1 Å². The Morgan fingerprint density at radius 1 is 1.29 bits per heavy atom. The number of halogens is 3. The van der Waals surface area contributed by atoms with Crippen LogP contribution in [0, 0.1) is 0 Å².